The molecule has 0 aliphatic rings. The molecule has 1 N–H and O–H groups in total. The van der Waals surface area contributed by atoms with Crippen LogP contribution in [-0.4, -0.2) is 35.8 Å². The number of benzene rings is 1. The van der Waals surface area contributed by atoms with Gasteiger partial charge in [-0.1, -0.05) is 17.4 Å². The Labute approximate surface area is 131 Å². The lowest BCUT2D eigenvalue weighted by Crippen LogP contribution is -2.11. The van der Waals surface area contributed by atoms with E-state index in [0.29, 0.717) is 28.1 Å². The van der Waals surface area contributed by atoms with Crippen LogP contribution in [0.4, 0.5) is 5.13 Å². The third-order valence-corrected chi connectivity index (χ3v) is 3.46. The smallest absolute Gasteiger partial charge is 0.312 e. The quantitative estimate of drug-likeness (QED) is 0.817. The normalized spacial score (nSPS) is 10.1. The number of carbonyl (C=O) groups is 2. The Morgan fingerprint density at radius 1 is 1.32 bits per heavy atom. The Bertz CT molecular complexity index is 672. The molecule has 0 radical (unpaired) electrons. The molecule has 0 spiro atoms. The van der Waals surface area contributed by atoms with Crippen LogP contribution >= 0.6 is 11.3 Å². The van der Waals surface area contributed by atoms with E-state index in [4.69, 9.17) is 9.47 Å². The summed E-state index contributed by atoms with van der Waals surface area (Å²) < 4.78 is 9.90. The molecule has 0 saturated carbocycles. The molecular formula is C14H15N3O4S. The lowest BCUT2D eigenvalue weighted by molar-refractivity contribution is -0.142. The van der Waals surface area contributed by atoms with Crippen molar-refractivity contribution in [2.75, 3.05) is 19.0 Å². The molecule has 0 fully saturated rings. The number of aromatic nitrogens is 2. The summed E-state index contributed by atoms with van der Waals surface area (Å²) in [5.74, 6) is -0.102. The molecule has 2 rings (SSSR count). The zero-order chi connectivity index (χ0) is 15.9. The largest absolute Gasteiger partial charge is 0.497 e. The Balaban J connectivity index is 2.00. The van der Waals surface area contributed by atoms with Crippen molar-refractivity contribution in [1.29, 1.82) is 0 Å². The Morgan fingerprint density at radius 3 is 2.86 bits per heavy atom. The number of hydrogen-bond donors (Lipinski definition) is 1. The van der Waals surface area contributed by atoms with Crippen LogP contribution < -0.4 is 10.1 Å². The van der Waals surface area contributed by atoms with E-state index in [1.807, 2.05) is 0 Å². The predicted octanol–water partition coefficient (Wildman–Crippen LogP) is 1.90. The minimum Gasteiger partial charge on any atom is -0.497 e. The maximum Gasteiger partial charge on any atom is 0.312 e. The van der Waals surface area contributed by atoms with Gasteiger partial charge in [0, 0.05) is 5.56 Å². The first-order chi connectivity index (χ1) is 10.6. The highest BCUT2D eigenvalue weighted by atomic mass is 32.1. The lowest BCUT2D eigenvalue weighted by Gasteiger charge is -2.03. The minimum atomic E-state index is -0.371. The number of esters is 1. The second-order valence-electron chi connectivity index (χ2n) is 4.17. The maximum absolute atomic E-state index is 12.1. The maximum atomic E-state index is 12.1. The van der Waals surface area contributed by atoms with Crippen LogP contribution in [0.5, 0.6) is 5.75 Å². The summed E-state index contributed by atoms with van der Waals surface area (Å²) in [6.07, 6.45) is 0.0422. The summed E-state index contributed by atoms with van der Waals surface area (Å²) in [7, 11) is 1.53. The molecule has 1 aromatic heterocycles. The summed E-state index contributed by atoms with van der Waals surface area (Å²) in [4.78, 5) is 23.4. The molecule has 1 amide bonds. The van der Waals surface area contributed by atoms with E-state index in [1.54, 1.807) is 31.2 Å². The molecule has 7 nitrogen and oxygen atoms in total. The van der Waals surface area contributed by atoms with Crippen molar-refractivity contribution in [3.05, 3.63) is 34.8 Å². The van der Waals surface area contributed by atoms with Gasteiger partial charge in [0.05, 0.1) is 20.1 Å². The van der Waals surface area contributed by atoms with Crippen LogP contribution in [0, 0.1) is 0 Å². The first-order valence-electron chi connectivity index (χ1n) is 6.55. The van der Waals surface area contributed by atoms with Crippen LogP contribution in [0.2, 0.25) is 0 Å². The average Bonchev–Trinajstić information content (AvgIpc) is 2.94. The highest BCUT2D eigenvalue weighted by Crippen LogP contribution is 2.18. The second kappa shape index (κ2) is 7.51. The van der Waals surface area contributed by atoms with Crippen LogP contribution in [-0.2, 0) is 16.0 Å². The summed E-state index contributed by atoms with van der Waals surface area (Å²) in [5, 5.41) is 11.1. The van der Waals surface area contributed by atoms with E-state index in [9.17, 15) is 9.59 Å². The van der Waals surface area contributed by atoms with Gasteiger partial charge in [-0.2, -0.15) is 0 Å². The molecule has 22 heavy (non-hydrogen) atoms. The third kappa shape index (κ3) is 4.26. The van der Waals surface area contributed by atoms with Crippen molar-refractivity contribution >= 4 is 28.3 Å². The van der Waals surface area contributed by atoms with Crippen molar-refractivity contribution in [2.24, 2.45) is 0 Å². The minimum absolute atomic E-state index is 0.0422. The second-order valence-corrected chi connectivity index (χ2v) is 5.23. The molecule has 1 heterocycles. The van der Waals surface area contributed by atoms with Gasteiger partial charge in [0.1, 0.15) is 10.8 Å². The summed E-state index contributed by atoms with van der Waals surface area (Å²) in [6.45, 7) is 2.05. The van der Waals surface area contributed by atoms with Gasteiger partial charge in [-0.25, -0.2) is 0 Å². The van der Waals surface area contributed by atoms with Gasteiger partial charge in [0.25, 0.3) is 5.91 Å². The molecule has 0 atom stereocenters. The first kappa shape index (κ1) is 15.9. The van der Waals surface area contributed by atoms with Gasteiger partial charge in [-0.05, 0) is 25.1 Å². The number of ether oxygens (including phenoxy) is 2. The number of hydrogen-bond acceptors (Lipinski definition) is 7. The SMILES string of the molecule is CCOC(=O)Cc1nnc(NC(=O)c2cccc(OC)c2)s1. The lowest BCUT2D eigenvalue weighted by atomic mass is 10.2. The van der Waals surface area contributed by atoms with E-state index < -0.39 is 0 Å². The number of nitrogens with one attached hydrogen (secondary N) is 1. The van der Waals surface area contributed by atoms with Crippen molar-refractivity contribution in [3.63, 3.8) is 0 Å². The van der Waals surface area contributed by atoms with Gasteiger partial charge < -0.3 is 9.47 Å². The van der Waals surface area contributed by atoms with Crippen molar-refractivity contribution in [3.8, 4) is 5.75 Å². The summed E-state index contributed by atoms with van der Waals surface area (Å²) >= 11 is 1.13. The summed E-state index contributed by atoms with van der Waals surface area (Å²) in [6, 6.07) is 6.76. The van der Waals surface area contributed by atoms with Gasteiger partial charge in [0.2, 0.25) is 5.13 Å². The molecule has 0 aliphatic carbocycles. The van der Waals surface area contributed by atoms with Gasteiger partial charge in [0.15, 0.2) is 0 Å². The van der Waals surface area contributed by atoms with Gasteiger partial charge in [-0.15, -0.1) is 10.2 Å². The molecule has 0 saturated heterocycles. The fourth-order valence-corrected chi connectivity index (χ4v) is 2.36. The average molecular weight is 321 g/mol. The molecule has 0 aliphatic heterocycles. The number of carbonyl (C=O) groups excluding carboxylic acids is 2. The molecule has 2 aromatic rings. The van der Waals surface area contributed by atoms with Crippen LogP contribution in [0.1, 0.15) is 22.3 Å². The topological polar surface area (TPSA) is 90.4 Å². The molecule has 1 aromatic carbocycles. The van der Waals surface area contributed by atoms with E-state index in [0.717, 1.165) is 11.3 Å². The fraction of sp³-hybridized carbons (Fsp3) is 0.286. The highest BCUT2D eigenvalue weighted by Gasteiger charge is 2.13. The molecule has 8 heteroatoms. The molecular weight excluding hydrogens is 306 g/mol. The number of rotatable bonds is 6. The number of methoxy groups -OCH3 is 1. The van der Waals surface area contributed by atoms with Crippen LogP contribution in [0.3, 0.4) is 0 Å². The Kier molecular flexibility index (Phi) is 5.42. The summed E-state index contributed by atoms with van der Waals surface area (Å²) in [5.41, 5.74) is 0.446. The van der Waals surface area contributed by atoms with E-state index in [2.05, 4.69) is 15.5 Å². The van der Waals surface area contributed by atoms with Gasteiger partial charge in [-0.3, -0.25) is 14.9 Å². The Hall–Kier alpha value is -2.48. The highest BCUT2D eigenvalue weighted by molar-refractivity contribution is 7.15. The predicted molar refractivity (Wildman–Crippen MR) is 81.2 cm³/mol. The molecule has 0 unspecified atom stereocenters. The number of amides is 1. The van der Waals surface area contributed by atoms with Crippen molar-refractivity contribution in [1.82, 2.24) is 10.2 Å². The zero-order valence-electron chi connectivity index (χ0n) is 12.2. The zero-order valence-corrected chi connectivity index (χ0v) is 13.0. The number of nitrogens with zero attached hydrogens (tertiary/aromatic N) is 2. The van der Waals surface area contributed by atoms with Crippen molar-refractivity contribution < 1.29 is 19.1 Å². The first-order valence-corrected chi connectivity index (χ1v) is 7.37. The van der Waals surface area contributed by atoms with Crippen LogP contribution in [0.15, 0.2) is 24.3 Å². The monoisotopic (exact) mass is 321 g/mol. The van der Waals surface area contributed by atoms with E-state index >= 15 is 0 Å². The fourth-order valence-electron chi connectivity index (χ4n) is 1.64. The van der Waals surface area contributed by atoms with Crippen molar-refractivity contribution in [2.45, 2.75) is 13.3 Å². The molecule has 116 valence electrons. The Morgan fingerprint density at radius 2 is 2.14 bits per heavy atom. The van der Waals surface area contributed by atoms with E-state index in [1.165, 1.54) is 7.11 Å². The third-order valence-electron chi connectivity index (χ3n) is 2.62. The van der Waals surface area contributed by atoms with Gasteiger partial charge >= 0.3 is 5.97 Å². The van der Waals surface area contributed by atoms with E-state index in [-0.39, 0.29) is 18.3 Å². The van der Waals surface area contributed by atoms with Crippen LogP contribution in [0.25, 0.3) is 0 Å². The number of anilines is 1. The molecule has 0 bridgehead atoms. The standard InChI is InChI=1S/C14H15N3O4S/c1-3-21-12(18)8-11-16-17-14(22-11)15-13(19)9-5-4-6-10(7-9)20-2/h4-7H,3,8H2,1-2H3,(H,15,17,19).